The molecular weight excluding hydrogens is 548 g/mol. The number of morpholine rings is 1. The Morgan fingerprint density at radius 3 is 2.45 bits per heavy atom. The van der Waals surface area contributed by atoms with Crippen LogP contribution in [0.15, 0.2) is 70.6 Å². The number of anilines is 1. The predicted molar refractivity (Wildman–Crippen MR) is 152 cm³/mol. The first-order valence-corrected chi connectivity index (χ1v) is 13.5. The van der Waals surface area contributed by atoms with E-state index in [-0.39, 0.29) is 34.1 Å². The van der Waals surface area contributed by atoms with Gasteiger partial charge in [0.2, 0.25) is 0 Å². The van der Waals surface area contributed by atoms with Gasteiger partial charge in [-0.2, -0.15) is 0 Å². The molecule has 0 N–H and O–H groups in total. The number of amidine groups is 1. The van der Waals surface area contributed by atoms with Gasteiger partial charge in [-0.15, -0.1) is 0 Å². The number of carbonyl (C=O) groups excluding carboxylic acids is 1. The van der Waals surface area contributed by atoms with Crippen LogP contribution in [-0.2, 0) is 16.1 Å². The highest BCUT2D eigenvalue weighted by Crippen LogP contribution is 2.38. The Labute approximate surface area is 234 Å². The summed E-state index contributed by atoms with van der Waals surface area (Å²) in [7, 11) is 1.69. The van der Waals surface area contributed by atoms with Crippen molar-refractivity contribution < 1.29 is 18.7 Å². The summed E-state index contributed by atoms with van der Waals surface area (Å²) < 4.78 is 25.0. The first kappa shape index (κ1) is 26.6. The molecule has 0 saturated carbocycles. The zero-order valence-electron chi connectivity index (χ0n) is 20.5. The third kappa shape index (κ3) is 5.99. The molecule has 6 nitrogen and oxygen atoms in total. The van der Waals surface area contributed by atoms with Crippen molar-refractivity contribution in [2.75, 3.05) is 38.3 Å². The lowest BCUT2D eigenvalue weighted by Crippen LogP contribution is -2.36. The van der Waals surface area contributed by atoms with E-state index in [1.54, 1.807) is 43.5 Å². The van der Waals surface area contributed by atoms with Crippen molar-refractivity contribution >= 4 is 63.5 Å². The van der Waals surface area contributed by atoms with E-state index >= 15 is 0 Å². The summed E-state index contributed by atoms with van der Waals surface area (Å²) in [6.07, 6.45) is 1.71. The van der Waals surface area contributed by atoms with Gasteiger partial charge in [0.15, 0.2) is 10.9 Å². The minimum absolute atomic E-state index is 0.0149. The van der Waals surface area contributed by atoms with Crippen LogP contribution in [0.25, 0.3) is 6.08 Å². The average molecular weight is 572 g/mol. The van der Waals surface area contributed by atoms with E-state index in [1.165, 1.54) is 22.7 Å². The maximum absolute atomic E-state index is 13.9. The highest BCUT2D eigenvalue weighted by Gasteiger charge is 2.30. The molecule has 0 radical (unpaired) electrons. The average Bonchev–Trinajstić information content (AvgIpc) is 3.17. The quantitative estimate of drug-likeness (QED) is 0.305. The maximum Gasteiger partial charge on any atom is 0.266 e. The van der Waals surface area contributed by atoms with E-state index < -0.39 is 0 Å². The van der Waals surface area contributed by atoms with Crippen LogP contribution in [0.2, 0.25) is 10.0 Å². The van der Waals surface area contributed by atoms with Gasteiger partial charge >= 0.3 is 0 Å². The van der Waals surface area contributed by atoms with Gasteiger partial charge in [-0.05, 0) is 65.9 Å². The van der Waals surface area contributed by atoms with E-state index in [4.69, 9.17) is 32.7 Å². The summed E-state index contributed by atoms with van der Waals surface area (Å²) in [6.45, 7) is 3.16. The standard InChI is InChI=1S/C28H24Cl2FN3O3S/c1-33-27(35)25(38-28(33)32-20-6-8-21(9-7-20)34-10-12-36-13-11-34)16-18-14-22(29)26(23(30)15-18)37-17-19-4-2-3-5-24(19)31/h2-9,14-16H,10-13,17H2,1H3/b25-16-,32-28?. The Morgan fingerprint density at radius 2 is 1.76 bits per heavy atom. The molecule has 2 aliphatic rings. The van der Waals surface area contributed by atoms with Crippen LogP contribution in [0.4, 0.5) is 15.8 Å². The predicted octanol–water partition coefficient (Wildman–Crippen LogP) is 6.78. The fourth-order valence-corrected chi connectivity index (χ4v) is 5.64. The van der Waals surface area contributed by atoms with Crippen LogP contribution in [-0.4, -0.2) is 49.3 Å². The largest absolute Gasteiger partial charge is 0.486 e. The molecule has 0 bridgehead atoms. The van der Waals surface area contributed by atoms with Gasteiger partial charge in [-0.1, -0.05) is 41.4 Å². The Morgan fingerprint density at radius 1 is 1.08 bits per heavy atom. The van der Waals surface area contributed by atoms with Crippen molar-refractivity contribution in [1.82, 2.24) is 4.90 Å². The first-order chi connectivity index (χ1) is 18.4. The van der Waals surface area contributed by atoms with E-state index in [0.29, 0.717) is 21.2 Å². The molecule has 0 aromatic heterocycles. The van der Waals surface area contributed by atoms with Crippen LogP contribution >= 0.6 is 35.0 Å². The minimum atomic E-state index is -0.368. The Kier molecular flexibility index (Phi) is 8.24. The number of nitrogens with zero attached hydrogens (tertiary/aromatic N) is 3. The third-order valence-corrected chi connectivity index (χ3v) is 7.72. The highest BCUT2D eigenvalue weighted by atomic mass is 35.5. The topological polar surface area (TPSA) is 54.4 Å². The van der Waals surface area contributed by atoms with Crippen molar-refractivity contribution in [3.05, 3.63) is 92.6 Å². The SMILES string of the molecule is CN1C(=O)/C(=C/c2cc(Cl)c(OCc3ccccc3F)c(Cl)c2)SC1=Nc1ccc(N2CCOCC2)cc1. The lowest BCUT2D eigenvalue weighted by atomic mass is 10.2. The van der Waals surface area contributed by atoms with Gasteiger partial charge in [0.1, 0.15) is 12.4 Å². The minimum Gasteiger partial charge on any atom is -0.486 e. The number of carbonyl (C=O) groups is 1. The molecule has 38 heavy (non-hydrogen) atoms. The molecule has 196 valence electrons. The number of rotatable bonds is 6. The molecule has 5 rings (SSSR count). The van der Waals surface area contributed by atoms with Gasteiger partial charge < -0.3 is 14.4 Å². The molecule has 2 saturated heterocycles. The number of amides is 1. The van der Waals surface area contributed by atoms with Crippen molar-refractivity contribution in [2.45, 2.75) is 6.61 Å². The van der Waals surface area contributed by atoms with Crippen molar-refractivity contribution in [1.29, 1.82) is 0 Å². The summed E-state index contributed by atoms with van der Waals surface area (Å²) >= 11 is 14.1. The van der Waals surface area contributed by atoms with Crippen LogP contribution in [0, 0.1) is 5.82 Å². The lowest BCUT2D eigenvalue weighted by Gasteiger charge is -2.28. The van der Waals surface area contributed by atoms with E-state index in [9.17, 15) is 9.18 Å². The summed E-state index contributed by atoms with van der Waals surface area (Å²) in [5.41, 5.74) is 2.91. The number of ether oxygens (including phenoxy) is 2. The zero-order valence-corrected chi connectivity index (χ0v) is 22.8. The molecule has 0 atom stereocenters. The van der Waals surface area contributed by atoms with Gasteiger partial charge in [-0.25, -0.2) is 9.38 Å². The molecule has 0 spiro atoms. The lowest BCUT2D eigenvalue weighted by molar-refractivity contribution is -0.121. The van der Waals surface area contributed by atoms with E-state index in [1.807, 2.05) is 24.3 Å². The van der Waals surface area contributed by atoms with Crippen molar-refractivity contribution in [3.63, 3.8) is 0 Å². The molecule has 2 aliphatic heterocycles. The molecule has 2 fully saturated rings. The van der Waals surface area contributed by atoms with Crippen LogP contribution in [0.1, 0.15) is 11.1 Å². The van der Waals surface area contributed by atoms with E-state index in [0.717, 1.165) is 37.7 Å². The van der Waals surface area contributed by atoms with Gasteiger partial charge in [-0.3, -0.25) is 9.69 Å². The highest BCUT2D eigenvalue weighted by molar-refractivity contribution is 8.18. The smallest absolute Gasteiger partial charge is 0.266 e. The second-order valence-electron chi connectivity index (χ2n) is 8.68. The Bertz CT molecular complexity index is 1390. The molecular formula is C28H24Cl2FN3O3S. The van der Waals surface area contributed by atoms with Gasteiger partial charge in [0, 0.05) is 31.4 Å². The monoisotopic (exact) mass is 571 g/mol. The molecule has 2 heterocycles. The second kappa shape index (κ2) is 11.8. The van der Waals surface area contributed by atoms with Gasteiger partial charge in [0.25, 0.3) is 5.91 Å². The number of likely N-dealkylation sites (N-methyl/N-ethyl adjacent to an activating group) is 1. The third-order valence-electron chi connectivity index (χ3n) is 6.10. The summed E-state index contributed by atoms with van der Waals surface area (Å²) in [4.78, 5) is 21.9. The molecule has 3 aromatic rings. The summed E-state index contributed by atoms with van der Waals surface area (Å²) in [5.74, 6) is -0.289. The number of hydrogen-bond donors (Lipinski definition) is 0. The van der Waals surface area contributed by atoms with Crippen LogP contribution < -0.4 is 9.64 Å². The summed E-state index contributed by atoms with van der Waals surface area (Å²) in [5, 5.41) is 1.10. The molecule has 10 heteroatoms. The Hall–Kier alpha value is -3.04. The molecule has 3 aromatic carbocycles. The maximum atomic E-state index is 13.9. The number of hydrogen-bond acceptors (Lipinski definition) is 6. The summed E-state index contributed by atoms with van der Waals surface area (Å²) in [6, 6.07) is 17.6. The zero-order chi connectivity index (χ0) is 26.6. The Balaban J connectivity index is 1.30. The molecule has 0 unspecified atom stereocenters. The number of aliphatic imine (C=N–C) groups is 1. The first-order valence-electron chi connectivity index (χ1n) is 11.9. The number of halogens is 3. The normalized spacial score (nSPS) is 18.1. The molecule has 0 aliphatic carbocycles. The number of benzene rings is 3. The van der Waals surface area contributed by atoms with Crippen molar-refractivity contribution in [2.24, 2.45) is 4.99 Å². The van der Waals surface area contributed by atoms with Gasteiger partial charge in [0.05, 0.1) is 33.9 Å². The van der Waals surface area contributed by atoms with Crippen LogP contribution in [0.3, 0.4) is 0 Å². The van der Waals surface area contributed by atoms with E-state index in [2.05, 4.69) is 9.89 Å². The van der Waals surface area contributed by atoms with Crippen LogP contribution in [0.5, 0.6) is 5.75 Å². The molecule has 1 amide bonds. The second-order valence-corrected chi connectivity index (χ2v) is 10.5. The fourth-order valence-electron chi connectivity index (χ4n) is 4.04. The fraction of sp³-hybridized carbons (Fsp3) is 0.214. The van der Waals surface area contributed by atoms with Crippen molar-refractivity contribution in [3.8, 4) is 5.75 Å². The number of thioether (sulfide) groups is 1.